The Labute approximate surface area is 139 Å². The van der Waals surface area contributed by atoms with Gasteiger partial charge < -0.3 is 14.3 Å². The van der Waals surface area contributed by atoms with Crippen molar-refractivity contribution in [2.45, 2.75) is 19.9 Å². The van der Waals surface area contributed by atoms with Crippen molar-refractivity contribution in [3.05, 3.63) is 77.0 Å². The molecular weight excluding hydrogens is 309 g/mol. The molecule has 0 aliphatic rings. The van der Waals surface area contributed by atoms with Crippen molar-refractivity contribution >= 4 is 5.91 Å². The van der Waals surface area contributed by atoms with Crippen LogP contribution in [0, 0.1) is 19.7 Å². The van der Waals surface area contributed by atoms with Gasteiger partial charge in [0.1, 0.15) is 29.2 Å². The van der Waals surface area contributed by atoms with Crippen LogP contribution in [-0.2, 0) is 7.05 Å². The van der Waals surface area contributed by atoms with Crippen LogP contribution >= 0.6 is 0 Å². The zero-order valence-corrected chi connectivity index (χ0v) is 13.7. The second-order valence-electron chi connectivity index (χ2n) is 5.65. The van der Waals surface area contributed by atoms with E-state index in [2.05, 4.69) is 10.3 Å². The summed E-state index contributed by atoms with van der Waals surface area (Å²) in [6.45, 7) is 3.50. The van der Waals surface area contributed by atoms with E-state index >= 15 is 0 Å². The largest absolute Gasteiger partial charge is 0.466 e. The zero-order valence-electron chi connectivity index (χ0n) is 13.7. The average Bonchev–Trinajstić information content (AvgIpc) is 3.11. The Bertz CT molecular complexity index is 882. The van der Waals surface area contributed by atoms with E-state index in [-0.39, 0.29) is 5.91 Å². The van der Waals surface area contributed by atoms with Crippen LogP contribution in [0.5, 0.6) is 0 Å². The van der Waals surface area contributed by atoms with Crippen molar-refractivity contribution in [2.24, 2.45) is 7.05 Å². The number of nitrogens with one attached hydrogen (secondary N) is 1. The number of amides is 1. The fourth-order valence-corrected chi connectivity index (χ4v) is 2.71. The van der Waals surface area contributed by atoms with Gasteiger partial charge in [-0.2, -0.15) is 0 Å². The molecule has 124 valence electrons. The van der Waals surface area contributed by atoms with Gasteiger partial charge in [-0.05, 0) is 26.0 Å². The molecule has 0 aliphatic carbocycles. The molecule has 0 fully saturated rings. The molecular formula is C18H18FN3O2. The molecule has 0 unspecified atom stereocenters. The number of carbonyl (C=O) groups excluding carboxylic acids is 1. The second kappa shape index (κ2) is 6.31. The molecule has 0 aliphatic heterocycles. The van der Waals surface area contributed by atoms with Gasteiger partial charge >= 0.3 is 0 Å². The van der Waals surface area contributed by atoms with E-state index in [1.165, 1.54) is 6.07 Å². The van der Waals surface area contributed by atoms with Gasteiger partial charge in [0.2, 0.25) is 0 Å². The predicted octanol–water partition coefficient (Wildman–Crippen LogP) is 3.29. The van der Waals surface area contributed by atoms with E-state index in [1.807, 2.05) is 0 Å². The van der Waals surface area contributed by atoms with E-state index in [4.69, 9.17) is 4.42 Å². The highest BCUT2D eigenvalue weighted by Gasteiger charge is 2.25. The fraction of sp³-hybridized carbons (Fsp3) is 0.222. The van der Waals surface area contributed by atoms with Crippen LogP contribution in [0.2, 0.25) is 0 Å². The van der Waals surface area contributed by atoms with Crippen LogP contribution in [0.4, 0.5) is 4.39 Å². The topological polar surface area (TPSA) is 60.1 Å². The van der Waals surface area contributed by atoms with Gasteiger partial charge in [0.15, 0.2) is 0 Å². The smallest absolute Gasteiger partial charge is 0.255 e. The lowest BCUT2D eigenvalue weighted by Crippen LogP contribution is -2.31. The van der Waals surface area contributed by atoms with Crippen LogP contribution in [0.15, 0.2) is 47.1 Å². The quantitative estimate of drug-likeness (QED) is 0.800. The van der Waals surface area contributed by atoms with Crippen LogP contribution in [0.3, 0.4) is 0 Å². The third kappa shape index (κ3) is 2.95. The van der Waals surface area contributed by atoms with E-state index < -0.39 is 11.9 Å². The van der Waals surface area contributed by atoms with Gasteiger partial charge in [0, 0.05) is 25.0 Å². The standard InChI is InChI=1S/C18H18FN3O2/c1-11-10-14(12(2)24-11)18(23)21-16(17-20-8-9-22(17)3)13-6-4-5-7-15(13)19/h4-10,16H,1-3H3,(H,21,23)/t16-/m0/s1. The maximum Gasteiger partial charge on any atom is 0.255 e. The maximum absolute atomic E-state index is 14.3. The first-order valence-corrected chi connectivity index (χ1v) is 7.57. The molecule has 3 rings (SSSR count). The minimum atomic E-state index is -0.701. The van der Waals surface area contributed by atoms with Crippen molar-refractivity contribution in [1.29, 1.82) is 0 Å². The summed E-state index contributed by atoms with van der Waals surface area (Å²) in [4.78, 5) is 16.9. The van der Waals surface area contributed by atoms with Gasteiger partial charge in [0.05, 0.1) is 5.56 Å². The lowest BCUT2D eigenvalue weighted by atomic mass is 10.0. The normalized spacial score (nSPS) is 12.2. The van der Waals surface area contributed by atoms with E-state index in [0.29, 0.717) is 28.5 Å². The summed E-state index contributed by atoms with van der Waals surface area (Å²) < 4.78 is 21.5. The number of carbonyl (C=O) groups is 1. The van der Waals surface area contributed by atoms with Gasteiger partial charge in [-0.15, -0.1) is 0 Å². The number of aryl methyl sites for hydroxylation is 3. The summed E-state index contributed by atoms with van der Waals surface area (Å²) in [5.41, 5.74) is 0.793. The van der Waals surface area contributed by atoms with Crippen LogP contribution < -0.4 is 5.32 Å². The average molecular weight is 327 g/mol. The Morgan fingerprint density at radius 3 is 2.67 bits per heavy atom. The summed E-state index contributed by atoms with van der Waals surface area (Å²) in [5.74, 6) is 0.993. The number of hydrogen-bond donors (Lipinski definition) is 1. The number of aromatic nitrogens is 2. The summed E-state index contributed by atoms with van der Waals surface area (Å²) in [7, 11) is 1.80. The van der Waals surface area contributed by atoms with Crippen LogP contribution in [0.25, 0.3) is 0 Å². The molecule has 1 aromatic carbocycles. The molecule has 1 atom stereocenters. The molecule has 0 spiro atoms. The molecule has 0 saturated heterocycles. The van der Waals surface area contributed by atoms with Crippen LogP contribution in [-0.4, -0.2) is 15.5 Å². The molecule has 2 aromatic heterocycles. The summed E-state index contributed by atoms with van der Waals surface area (Å²) >= 11 is 0. The van der Waals surface area contributed by atoms with Gasteiger partial charge in [-0.25, -0.2) is 9.37 Å². The Morgan fingerprint density at radius 2 is 2.08 bits per heavy atom. The Morgan fingerprint density at radius 1 is 1.33 bits per heavy atom. The van der Waals surface area contributed by atoms with E-state index in [1.54, 1.807) is 62.1 Å². The van der Waals surface area contributed by atoms with Crippen molar-refractivity contribution < 1.29 is 13.6 Å². The molecule has 0 radical (unpaired) electrons. The minimum absolute atomic E-state index is 0.333. The fourth-order valence-electron chi connectivity index (χ4n) is 2.71. The first-order chi connectivity index (χ1) is 11.5. The molecule has 2 heterocycles. The van der Waals surface area contributed by atoms with Crippen molar-refractivity contribution in [3.63, 3.8) is 0 Å². The molecule has 1 amide bonds. The number of rotatable bonds is 4. The third-order valence-electron chi connectivity index (χ3n) is 3.89. The Hall–Kier alpha value is -2.89. The lowest BCUT2D eigenvalue weighted by molar-refractivity contribution is 0.0939. The molecule has 5 nitrogen and oxygen atoms in total. The van der Waals surface area contributed by atoms with E-state index in [0.717, 1.165) is 0 Å². The molecule has 0 bridgehead atoms. The highest BCUT2D eigenvalue weighted by molar-refractivity contribution is 5.95. The SMILES string of the molecule is Cc1cc(C(=O)N[C@@H](c2ccccc2F)c2nccn2C)c(C)o1. The number of hydrogen-bond acceptors (Lipinski definition) is 3. The highest BCUT2D eigenvalue weighted by atomic mass is 19.1. The molecule has 24 heavy (non-hydrogen) atoms. The van der Waals surface area contributed by atoms with E-state index in [9.17, 15) is 9.18 Å². The zero-order chi connectivity index (χ0) is 17.3. The number of halogens is 1. The van der Waals surface area contributed by atoms with Gasteiger partial charge in [-0.1, -0.05) is 18.2 Å². The second-order valence-corrected chi connectivity index (χ2v) is 5.65. The number of imidazole rings is 1. The predicted molar refractivity (Wildman–Crippen MR) is 87.1 cm³/mol. The Balaban J connectivity index is 2.00. The first kappa shape index (κ1) is 16.0. The first-order valence-electron chi connectivity index (χ1n) is 7.57. The van der Waals surface area contributed by atoms with Crippen molar-refractivity contribution in [2.75, 3.05) is 0 Å². The summed E-state index contributed by atoms with van der Waals surface area (Å²) in [6.07, 6.45) is 3.37. The third-order valence-corrected chi connectivity index (χ3v) is 3.89. The van der Waals surface area contributed by atoms with Gasteiger partial charge in [-0.3, -0.25) is 4.79 Å². The molecule has 1 N–H and O–H groups in total. The Kier molecular flexibility index (Phi) is 4.20. The minimum Gasteiger partial charge on any atom is -0.466 e. The van der Waals surface area contributed by atoms with Crippen molar-refractivity contribution in [3.8, 4) is 0 Å². The summed E-state index contributed by atoms with van der Waals surface area (Å²) in [5, 5.41) is 2.87. The number of furan rings is 1. The molecule has 0 saturated carbocycles. The summed E-state index contributed by atoms with van der Waals surface area (Å²) in [6, 6.07) is 7.32. The van der Waals surface area contributed by atoms with Gasteiger partial charge in [0.25, 0.3) is 5.91 Å². The maximum atomic E-state index is 14.3. The number of nitrogens with zero attached hydrogens (tertiary/aromatic N) is 2. The molecule has 6 heteroatoms. The molecule has 3 aromatic rings. The highest BCUT2D eigenvalue weighted by Crippen LogP contribution is 2.24. The van der Waals surface area contributed by atoms with Crippen LogP contribution in [0.1, 0.15) is 39.3 Å². The lowest BCUT2D eigenvalue weighted by Gasteiger charge is -2.19. The monoisotopic (exact) mass is 327 g/mol. The number of benzene rings is 1. The van der Waals surface area contributed by atoms with Crippen molar-refractivity contribution in [1.82, 2.24) is 14.9 Å².